The molecule has 1 atom stereocenters. The summed E-state index contributed by atoms with van der Waals surface area (Å²) in [6.07, 6.45) is 4.70. The van der Waals surface area contributed by atoms with Crippen LogP contribution in [0.15, 0.2) is 24.3 Å². The van der Waals surface area contributed by atoms with Crippen molar-refractivity contribution < 1.29 is 14.4 Å². The highest BCUT2D eigenvalue weighted by atomic mass is 35.5. The number of carbonyl (C=O) groups excluding carboxylic acids is 2. The minimum Gasteiger partial charge on any atom is -0.352 e. The van der Waals surface area contributed by atoms with Crippen molar-refractivity contribution in [1.29, 1.82) is 0 Å². The van der Waals surface area contributed by atoms with Gasteiger partial charge < -0.3 is 10.2 Å². The number of nitrogens with zero attached hydrogens (tertiary/aromatic N) is 2. The van der Waals surface area contributed by atoms with E-state index in [1.165, 1.54) is 0 Å². The van der Waals surface area contributed by atoms with Gasteiger partial charge in [-0.05, 0) is 43.7 Å². The lowest BCUT2D eigenvalue weighted by atomic mass is 9.97. The Hall–Kier alpha value is -1.63. The van der Waals surface area contributed by atoms with Crippen LogP contribution in [0.2, 0.25) is 5.02 Å². The molecule has 1 aromatic rings. The lowest BCUT2D eigenvalue weighted by molar-refractivity contribution is -0.182. The smallest absolute Gasteiger partial charge is 0.252 e. The molecule has 0 bridgehead atoms. The van der Waals surface area contributed by atoms with E-state index in [0.29, 0.717) is 36.6 Å². The van der Waals surface area contributed by atoms with Crippen molar-refractivity contribution in [3.8, 4) is 0 Å². The van der Waals surface area contributed by atoms with Gasteiger partial charge in [-0.25, -0.2) is 0 Å². The summed E-state index contributed by atoms with van der Waals surface area (Å²) < 4.78 is 0. The SMILES string of the molecule is O=C(NC[C@@H]1CCCN(C(=O)CCN2CCCCO2)C1)c1ccccc1Cl. The molecule has 1 N–H and O–H groups in total. The van der Waals surface area contributed by atoms with Gasteiger partial charge in [-0.15, -0.1) is 0 Å². The van der Waals surface area contributed by atoms with Gasteiger partial charge in [-0.1, -0.05) is 23.7 Å². The first-order valence-corrected chi connectivity index (χ1v) is 10.2. The zero-order valence-electron chi connectivity index (χ0n) is 15.7. The van der Waals surface area contributed by atoms with Crippen molar-refractivity contribution in [2.24, 2.45) is 5.92 Å². The molecule has 2 aliphatic rings. The Morgan fingerprint density at radius 3 is 2.81 bits per heavy atom. The van der Waals surface area contributed by atoms with Crippen LogP contribution in [0, 0.1) is 5.92 Å². The molecule has 0 aliphatic carbocycles. The van der Waals surface area contributed by atoms with Crippen molar-refractivity contribution in [2.75, 3.05) is 39.3 Å². The second-order valence-corrected chi connectivity index (χ2v) is 7.66. The first-order valence-electron chi connectivity index (χ1n) is 9.82. The van der Waals surface area contributed by atoms with Crippen LogP contribution in [0.25, 0.3) is 0 Å². The maximum absolute atomic E-state index is 12.5. The summed E-state index contributed by atoms with van der Waals surface area (Å²) in [4.78, 5) is 32.3. The summed E-state index contributed by atoms with van der Waals surface area (Å²) in [6, 6.07) is 7.03. The monoisotopic (exact) mass is 393 g/mol. The van der Waals surface area contributed by atoms with Gasteiger partial charge in [0.1, 0.15) is 0 Å². The molecule has 0 aromatic heterocycles. The molecule has 6 nitrogen and oxygen atoms in total. The summed E-state index contributed by atoms with van der Waals surface area (Å²) in [5.41, 5.74) is 0.490. The third-order valence-electron chi connectivity index (χ3n) is 5.19. The van der Waals surface area contributed by atoms with Crippen LogP contribution < -0.4 is 5.32 Å². The van der Waals surface area contributed by atoms with Gasteiger partial charge >= 0.3 is 0 Å². The first kappa shape index (κ1) is 20.1. The first-order chi connectivity index (χ1) is 13.1. The molecule has 2 saturated heterocycles. The summed E-state index contributed by atoms with van der Waals surface area (Å²) in [5.74, 6) is 0.290. The summed E-state index contributed by atoms with van der Waals surface area (Å²) >= 11 is 6.08. The number of likely N-dealkylation sites (tertiary alicyclic amines) is 1. The minimum absolute atomic E-state index is 0.161. The van der Waals surface area contributed by atoms with Gasteiger partial charge in [-0.2, -0.15) is 5.06 Å². The average Bonchev–Trinajstić information content (AvgIpc) is 2.71. The normalized spacial score (nSPS) is 21.1. The van der Waals surface area contributed by atoms with Crippen LogP contribution >= 0.6 is 11.6 Å². The van der Waals surface area contributed by atoms with Crippen LogP contribution in [0.5, 0.6) is 0 Å². The second kappa shape index (κ2) is 10.1. The number of benzene rings is 1. The molecule has 2 amide bonds. The van der Waals surface area contributed by atoms with E-state index in [2.05, 4.69) is 5.32 Å². The van der Waals surface area contributed by atoms with Crippen LogP contribution in [-0.4, -0.2) is 61.1 Å². The number of hydrogen-bond donors (Lipinski definition) is 1. The van der Waals surface area contributed by atoms with Crippen LogP contribution in [0.3, 0.4) is 0 Å². The second-order valence-electron chi connectivity index (χ2n) is 7.26. The van der Waals surface area contributed by atoms with E-state index in [9.17, 15) is 9.59 Å². The number of rotatable bonds is 6. The van der Waals surface area contributed by atoms with Crippen molar-refractivity contribution in [1.82, 2.24) is 15.3 Å². The Labute approximate surface area is 165 Å². The number of amides is 2. The molecule has 3 rings (SSSR count). The van der Waals surface area contributed by atoms with E-state index in [4.69, 9.17) is 16.4 Å². The van der Waals surface area contributed by atoms with E-state index < -0.39 is 0 Å². The summed E-state index contributed by atoms with van der Waals surface area (Å²) in [7, 11) is 0. The van der Waals surface area contributed by atoms with Gasteiger partial charge in [0.15, 0.2) is 0 Å². The van der Waals surface area contributed by atoms with E-state index in [0.717, 1.165) is 45.4 Å². The highest BCUT2D eigenvalue weighted by Crippen LogP contribution is 2.18. The molecular formula is C20H28ClN3O3. The standard InChI is InChI=1S/C20H28ClN3O3/c21-18-8-2-1-7-17(18)20(26)22-14-16-6-5-10-23(15-16)19(25)9-12-24-11-3-4-13-27-24/h1-2,7-8,16H,3-6,9-15H2,(H,22,26)/t16-/m0/s1. The predicted octanol–water partition coefficient (Wildman–Crippen LogP) is 2.73. The minimum atomic E-state index is -0.161. The summed E-state index contributed by atoms with van der Waals surface area (Å²) in [6.45, 7) is 4.37. The number of carbonyl (C=O) groups is 2. The zero-order valence-corrected chi connectivity index (χ0v) is 16.4. The van der Waals surface area contributed by atoms with E-state index in [-0.39, 0.29) is 17.7 Å². The topological polar surface area (TPSA) is 61.9 Å². The quantitative estimate of drug-likeness (QED) is 0.807. The molecule has 2 fully saturated rings. The number of nitrogens with one attached hydrogen (secondary N) is 1. The van der Waals surface area contributed by atoms with Crippen molar-refractivity contribution in [2.45, 2.75) is 32.1 Å². The maximum Gasteiger partial charge on any atom is 0.252 e. The molecule has 1 aromatic carbocycles. The van der Waals surface area contributed by atoms with Crippen LogP contribution in [0.4, 0.5) is 0 Å². The fourth-order valence-corrected chi connectivity index (χ4v) is 3.86. The van der Waals surface area contributed by atoms with E-state index in [1.54, 1.807) is 24.3 Å². The molecule has 7 heteroatoms. The number of piperidine rings is 1. The third kappa shape index (κ3) is 5.92. The number of halogens is 1. The van der Waals surface area contributed by atoms with Crippen LogP contribution in [0.1, 0.15) is 42.5 Å². The Bertz CT molecular complexity index is 649. The Morgan fingerprint density at radius 1 is 1.19 bits per heavy atom. The maximum atomic E-state index is 12.5. The lowest BCUT2D eigenvalue weighted by Gasteiger charge is -2.33. The van der Waals surface area contributed by atoms with E-state index >= 15 is 0 Å². The molecule has 0 saturated carbocycles. The number of hydrogen-bond acceptors (Lipinski definition) is 4. The largest absolute Gasteiger partial charge is 0.352 e. The molecular weight excluding hydrogens is 366 g/mol. The molecule has 148 valence electrons. The lowest BCUT2D eigenvalue weighted by Crippen LogP contribution is -2.44. The van der Waals surface area contributed by atoms with Gasteiger partial charge in [0.2, 0.25) is 5.91 Å². The Morgan fingerprint density at radius 2 is 2.04 bits per heavy atom. The summed E-state index contributed by atoms with van der Waals surface area (Å²) in [5, 5.41) is 5.33. The van der Waals surface area contributed by atoms with Crippen molar-refractivity contribution >= 4 is 23.4 Å². The van der Waals surface area contributed by atoms with E-state index in [1.807, 2.05) is 9.96 Å². The van der Waals surface area contributed by atoms with Crippen LogP contribution in [-0.2, 0) is 9.63 Å². The fourth-order valence-electron chi connectivity index (χ4n) is 3.64. The van der Waals surface area contributed by atoms with Gasteiger partial charge in [0.25, 0.3) is 5.91 Å². The number of hydroxylamine groups is 2. The van der Waals surface area contributed by atoms with Crippen molar-refractivity contribution in [3.05, 3.63) is 34.9 Å². The highest BCUT2D eigenvalue weighted by Gasteiger charge is 2.25. The van der Waals surface area contributed by atoms with Gasteiger partial charge in [-0.3, -0.25) is 14.4 Å². The average molecular weight is 394 g/mol. The third-order valence-corrected chi connectivity index (χ3v) is 5.52. The predicted molar refractivity (Wildman–Crippen MR) is 104 cm³/mol. The molecule has 27 heavy (non-hydrogen) atoms. The van der Waals surface area contributed by atoms with Crippen molar-refractivity contribution in [3.63, 3.8) is 0 Å². The Balaban J connectivity index is 1.42. The highest BCUT2D eigenvalue weighted by molar-refractivity contribution is 6.33. The molecule has 0 spiro atoms. The Kier molecular flexibility index (Phi) is 7.50. The van der Waals surface area contributed by atoms with Gasteiger partial charge in [0, 0.05) is 39.1 Å². The molecule has 2 aliphatic heterocycles. The van der Waals surface area contributed by atoms with Gasteiger partial charge in [0.05, 0.1) is 17.2 Å². The zero-order chi connectivity index (χ0) is 19.1. The molecule has 0 unspecified atom stereocenters. The molecule has 0 radical (unpaired) electrons. The molecule has 2 heterocycles. The fraction of sp³-hybridized carbons (Fsp3) is 0.600.